The summed E-state index contributed by atoms with van der Waals surface area (Å²) in [5.74, 6) is 0. The van der Waals surface area contributed by atoms with Crippen LogP contribution in [0.2, 0.25) is 0 Å². The van der Waals surface area contributed by atoms with E-state index in [9.17, 15) is 0 Å². The molecule has 0 radical (unpaired) electrons. The van der Waals surface area contributed by atoms with Crippen molar-refractivity contribution in [3.63, 3.8) is 0 Å². The lowest BCUT2D eigenvalue weighted by atomic mass is 9.84. The van der Waals surface area contributed by atoms with Gasteiger partial charge in [0.05, 0.1) is 0 Å². The van der Waals surface area contributed by atoms with Gasteiger partial charge in [-0.2, -0.15) is 0 Å². The molecule has 2 fully saturated rings. The van der Waals surface area contributed by atoms with E-state index >= 15 is 0 Å². The summed E-state index contributed by atoms with van der Waals surface area (Å²) in [7, 11) is 0. The molecule has 0 bridgehead atoms. The van der Waals surface area contributed by atoms with Gasteiger partial charge in [0.15, 0.2) is 0 Å². The van der Waals surface area contributed by atoms with E-state index in [2.05, 4.69) is 29.4 Å². The molecule has 0 spiro atoms. The molecular formula is C12H22N2. The molecule has 2 rings (SSSR count). The molecule has 0 amide bonds. The maximum Gasteiger partial charge on any atom is 0.0285 e. The molecule has 2 heteroatoms. The molecule has 2 aliphatic rings. The van der Waals surface area contributed by atoms with E-state index in [0.29, 0.717) is 0 Å². The molecule has 0 atom stereocenters. The molecule has 1 aliphatic heterocycles. The normalized spacial score (nSPS) is 34.4. The fourth-order valence-corrected chi connectivity index (χ4v) is 2.54. The fraction of sp³-hybridized carbons (Fsp3) is 0.833. The quantitative estimate of drug-likeness (QED) is 0.740. The topological polar surface area (TPSA) is 15.3 Å². The van der Waals surface area contributed by atoms with Crippen LogP contribution in [-0.2, 0) is 0 Å². The summed E-state index contributed by atoms with van der Waals surface area (Å²) in [5, 5.41) is 3.43. The van der Waals surface area contributed by atoms with Crippen LogP contribution in [0.25, 0.3) is 0 Å². The van der Waals surface area contributed by atoms with Gasteiger partial charge in [0.2, 0.25) is 0 Å². The number of piperidine rings is 1. The molecule has 0 aromatic heterocycles. The van der Waals surface area contributed by atoms with Crippen LogP contribution in [0.4, 0.5) is 0 Å². The Bertz CT molecular complexity index is 188. The highest BCUT2D eigenvalue weighted by Gasteiger charge is 2.33. The van der Waals surface area contributed by atoms with Crippen LogP contribution in [0.15, 0.2) is 12.3 Å². The lowest BCUT2D eigenvalue weighted by Gasteiger charge is -2.44. The predicted molar refractivity (Wildman–Crippen MR) is 60.2 cm³/mol. The first-order valence-electron chi connectivity index (χ1n) is 6.01. The van der Waals surface area contributed by atoms with Gasteiger partial charge in [0.25, 0.3) is 0 Å². The van der Waals surface area contributed by atoms with Crippen molar-refractivity contribution in [3.05, 3.63) is 12.3 Å². The first kappa shape index (κ1) is 10.0. The van der Waals surface area contributed by atoms with Crippen molar-refractivity contribution in [1.29, 1.82) is 0 Å². The molecule has 0 unspecified atom stereocenters. The summed E-state index contributed by atoms with van der Waals surface area (Å²) in [5.41, 5.74) is 0. The summed E-state index contributed by atoms with van der Waals surface area (Å²) in [4.78, 5) is 2.69. The van der Waals surface area contributed by atoms with Crippen molar-refractivity contribution < 1.29 is 0 Å². The SMILES string of the molecule is C/C=C/NC1CC(N2CCCCC2)C1. The Morgan fingerprint density at radius 2 is 1.86 bits per heavy atom. The lowest BCUT2D eigenvalue weighted by molar-refractivity contribution is 0.0830. The van der Waals surface area contributed by atoms with Crippen LogP contribution in [0.1, 0.15) is 39.0 Å². The molecule has 0 aromatic carbocycles. The first-order valence-corrected chi connectivity index (χ1v) is 6.01. The zero-order valence-electron chi connectivity index (χ0n) is 9.21. The maximum absolute atomic E-state index is 3.43. The van der Waals surface area contributed by atoms with Crippen LogP contribution in [0, 0.1) is 0 Å². The minimum Gasteiger partial charge on any atom is -0.388 e. The molecule has 2 nitrogen and oxygen atoms in total. The van der Waals surface area contributed by atoms with E-state index in [4.69, 9.17) is 0 Å². The molecule has 1 heterocycles. The van der Waals surface area contributed by atoms with Crippen LogP contribution >= 0.6 is 0 Å². The fourth-order valence-electron chi connectivity index (χ4n) is 2.54. The van der Waals surface area contributed by atoms with Gasteiger partial charge in [-0.3, -0.25) is 0 Å². The Morgan fingerprint density at radius 1 is 1.14 bits per heavy atom. The lowest BCUT2D eigenvalue weighted by Crippen LogP contribution is -2.52. The maximum atomic E-state index is 3.43. The molecule has 1 aliphatic carbocycles. The van der Waals surface area contributed by atoms with Crippen LogP contribution < -0.4 is 5.32 Å². The molecule has 14 heavy (non-hydrogen) atoms. The number of hydrogen-bond donors (Lipinski definition) is 1. The average molecular weight is 194 g/mol. The first-order chi connectivity index (χ1) is 6.90. The molecule has 1 N–H and O–H groups in total. The Kier molecular flexibility index (Phi) is 3.46. The van der Waals surface area contributed by atoms with E-state index in [1.165, 1.54) is 45.2 Å². The number of likely N-dealkylation sites (tertiary alicyclic amines) is 1. The highest BCUT2D eigenvalue weighted by atomic mass is 15.2. The van der Waals surface area contributed by atoms with Gasteiger partial charge in [-0.25, -0.2) is 0 Å². The highest BCUT2D eigenvalue weighted by molar-refractivity contribution is 4.95. The number of allylic oxidation sites excluding steroid dienone is 1. The number of nitrogens with zero attached hydrogens (tertiary/aromatic N) is 1. The molecule has 1 saturated heterocycles. The Hall–Kier alpha value is -0.500. The summed E-state index contributed by atoms with van der Waals surface area (Å²) >= 11 is 0. The van der Waals surface area contributed by atoms with Crippen molar-refractivity contribution in [1.82, 2.24) is 10.2 Å². The second-order valence-electron chi connectivity index (χ2n) is 4.59. The van der Waals surface area contributed by atoms with Crippen LogP contribution in [0.3, 0.4) is 0 Å². The summed E-state index contributed by atoms with van der Waals surface area (Å²) in [6.45, 7) is 4.76. The van der Waals surface area contributed by atoms with E-state index in [0.717, 1.165) is 12.1 Å². The van der Waals surface area contributed by atoms with Gasteiger partial charge in [0, 0.05) is 12.1 Å². The average Bonchev–Trinajstić information content (AvgIpc) is 2.17. The van der Waals surface area contributed by atoms with E-state index in [-0.39, 0.29) is 0 Å². The summed E-state index contributed by atoms with van der Waals surface area (Å²) < 4.78 is 0. The van der Waals surface area contributed by atoms with Gasteiger partial charge < -0.3 is 10.2 Å². The number of hydrogen-bond acceptors (Lipinski definition) is 2. The highest BCUT2D eigenvalue weighted by Crippen LogP contribution is 2.27. The summed E-state index contributed by atoms with van der Waals surface area (Å²) in [6, 6.07) is 1.64. The third-order valence-electron chi connectivity index (χ3n) is 3.52. The Balaban J connectivity index is 1.66. The number of nitrogens with one attached hydrogen (secondary N) is 1. The van der Waals surface area contributed by atoms with Crippen molar-refractivity contribution in [2.45, 2.75) is 51.1 Å². The standard InChI is InChI=1S/C12H22N2/c1-2-6-13-11-9-12(10-11)14-7-4-3-5-8-14/h2,6,11-13H,3-5,7-10H2,1H3/b6-2+. The Labute approximate surface area is 87.4 Å². The Morgan fingerprint density at radius 3 is 2.50 bits per heavy atom. The van der Waals surface area contributed by atoms with Crippen molar-refractivity contribution in [3.8, 4) is 0 Å². The molecule has 1 saturated carbocycles. The molecule has 0 aromatic rings. The van der Waals surface area contributed by atoms with Gasteiger partial charge >= 0.3 is 0 Å². The zero-order chi connectivity index (χ0) is 9.80. The molecule has 80 valence electrons. The largest absolute Gasteiger partial charge is 0.388 e. The zero-order valence-corrected chi connectivity index (χ0v) is 9.21. The minimum absolute atomic E-state index is 0.748. The van der Waals surface area contributed by atoms with E-state index in [1.807, 2.05) is 0 Å². The van der Waals surface area contributed by atoms with Crippen LogP contribution in [-0.4, -0.2) is 30.1 Å². The van der Waals surface area contributed by atoms with Gasteiger partial charge in [-0.15, -0.1) is 0 Å². The predicted octanol–water partition coefficient (Wildman–Crippen LogP) is 2.13. The smallest absolute Gasteiger partial charge is 0.0285 e. The minimum atomic E-state index is 0.748. The van der Waals surface area contributed by atoms with Crippen molar-refractivity contribution in [2.24, 2.45) is 0 Å². The monoisotopic (exact) mass is 194 g/mol. The van der Waals surface area contributed by atoms with Crippen molar-refractivity contribution >= 4 is 0 Å². The van der Waals surface area contributed by atoms with Gasteiger partial charge in [-0.05, 0) is 51.9 Å². The summed E-state index contributed by atoms with van der Waals surface area (Å²) in [6.07, 6.45) is 11.1. The van der Waals surface area contributed by atoms with Crippen molar-refractivity contribution in [2.75, 3.05) is 13.1 Å². The third kappa shape index (κ3) is 2.30. The van der Waals surface area contributed by atoms with E-state index < -0.39 is 0 Å². The van der Waals surface area contributed by atoms with E-state index in [1.54, 1.807) is 0 Å². The molecular weight excluding hydrogens is 172 g/mol. The third-order valence-corrected chi connectivity index (χ3v) is 3.52. The number of rotatable bonds is 3. The van der Waals surface area contributed by atoms with Gasteiger partial charge in [-0.1, -0.05) is 12.5 Å². The van der Waals surface area contributed by atoms with Crippen LogP contribution in [0.5, 0.6) is 0 Å². The second kappa shape index (κ2) is 4.83. The van der Waals surface area contributed by atoms with Gasteiger partial charge in [0.1, 0.15) is 0 Å². The second-order valence-corrected chi connectivity index (χ2v) is 4.59.